The van der Waals surface area contributed by atoms with Crippen molar-refractivity contribution in [2.45, 2.75) is 26.0 Å². The molecular weight excluding hydrogens is 337 g/mol. The summed E-state index contributed by atoms with van der Waals surface area (Å²) in [5.41, 5.74) is 6.53. The molecular formula is C16H15Cl2N3O2. The number of rotatable bonds is 3. The first kappa shape index (κ1) is 15.9. The largest absolute Gasteiger partial charge is 0.477 e. The highest BCUT2D eigenvalue weighted by Gasteiger charge is 2.34. The molecule has 1 amide bonds. The normalized spacial score (nSPS) is 16.9. The molecule has 1 aliphatic heterocycles. The number of fused-ring (bicyclic) bond motifs is 1. The number of carbonyl (C=O) groups excluding carboxylic acids is 1. The number of ether oxygens (including phenoxy) is 1. The lowest BCUT2D eigenvalue weighted by molar-refractivity contribution is -0.126. The zero-order chi connectivity index (χ0) is 16.6. The molecule has 7 heteroatoms. The van der Waals surface area contributed by atoms with Crippen LogP contribution in [-0.4, -0.2) is 17.0 Å². The highest BCUT2D eigenvalue weighted by atomic mass is 35.5. The first-order chi connectivity index (χ1) is 11.0. The van der Waals surface area contributed by atoms with E-state index in [0.717, 1.165) is 5.56 Å². The van der Waals surface area contributed by atoms with Gasteiger partial charge in [-0.05, 0) is 36.2 Å². The minimum atomic E-state index is -0.543. The molecule has 2 N–H and O–H groups in total. The van der Waals surface area contributed by atoms with Gasteiger partial charge in [-0.1, -0.05) is 36.2 Å². The van der Waals surface area contributed by atoms with E-state index in [1.54, 1.807) is 35.2 Å². The predicted octanol–water partition coefficient (Wildman–Crippen LogP) is 3.67. The molecule has 0 bridgehead atoms. The van der Waals surface area contributed by atoms with E-state index in [-0.39, 0.29) is 12.5 Å². The number of pyridine rings is 1. The third-order valence-electron chi connectivity index (χ3n) is 3.64. The lowest BCUT2D eigenvalue weighted by atomic mass is 10.1. The van der Waals surface area contributed by atoms with Crippen molar-refractivity contribution in [1.29, 1.82) is 0 Å². The Morgan fingerprint density at radius 3 is 2.78 bits per heavy atom. The van der Waals surface area contributed by atoms with E-state index in [2.05, 4.69) is 4.98 Å². The summed E-state index contributed by atoms with van der Waals surface area (Å²) in [7, 11) is 0. The van der Waals surface area contributed by atoms with E-state index in [1.165, 1.54) is 0 Å². The zero-order valence-electron chi connectivity index (χ0n) is 12.4. The maximum Gasteiger partial charge on any atom is 0.269 e. The Balaban J connectivity index is 2.02. The van der Waals surface area contributed by atoms with Gasteiger partial charge in [0, 0.05) is 10.0 Å². The van der Waals surface area contributed by atoms with Crippen LogP contribution in [0.4, 0.5) is 11.6 Å². The average molecular weight is 352 g/mol. The van der Waals surface area contributed by atoms with E-state index in [0.29, 0.717) is 33.9 Å². The number of halogens is 2. The number of aromatic nitrogens is 1. The molecule has 3 rings (SSSR count). The van der Waals surface area contributed by atoms with Crippen molar-refractivity contribution in [2.75, 3.05) is 10.6 Å². The summed E-state index contributed by atoms with van der Waals surface area (Å²) in [6.07, 6.45) is 0.0204. The Hall–Kier alpha value is -1.98. The standard InChI is InChI=1S/C16H15Cl2N3O2/c1-2-12-16(22)21(8-9-3-4-10(17)7-11(9)18)15-13(23-12)5-6-14(19)20-15/h3-7,12H,2,8H2,1H3,(H2,19,20). The maximum absolute atomic E-state index is 12.7. The fraction of sp³-hybridized carbons (Fsp3) is 0.250. The molecule has 2 heterocycles. The number of amides is 1. The van der Waals surface area contributed by atoms with Gasteiger partial charge in [0.1, 0.15) is 5.82 Å². The number of benzene rings is 1. The molecule has 0 aliphatic carbocycles. The maximum atomic E-state index is 12.7. The number of nitrogens with two attached hydrogens (primary N) is 1. The summed E-state index contributed by atoms with van der Waals surface area (Å²) in [5.74, 6) is 1.10. The summed E-state index contributed by atoms with van der Waals surface area (Å²) in [4.78, 5) is 18.5. The number of hydrogen-bond donors (Lipinski definition) is 1. The van der Waals surface area contributed by atoms with E-state index >= 15 is 0 Å². The molecule has 0 saturated heterocycles. The van der Waals surface area contributed by atoms with Gasteiger partial charge in [-0.15, -0.1) is 0 Å². The van der Waals surface area contributed by atoms with Gasteiger partial charge in [0.2, 0.25) is 0 Å². The number of hydrogen-bond acceptors (Lipinski definition) is 4. The van der Waals surface area contributed by atoms with Gasteiger partial charge in [-0.2, -0.15) is 0 Å². The van der Waals surface area contributed by atoms with Gasteiger partial charge < -0.3 is 10.5 Å². The van der Waals surface area contributed by atoms with Gasteiger partial charge in [0.05, 0.1) is 6.54 Å². The van der Waals surface area contributed by atoms with Crippen LogP contribution in [0.3, 0.4) is 0 Å². The molecule has 0 radical (unpaired) electrons. The van der Waals surface area contributed by atoms with Crippen molar-refractivity contribution in [2.24, 2.45) is 0 Å². The molecule has 0 fully saturated rings. The van der Waals surface area contributed by atoms with Gasteiger partial charge in [0.15, 0.2) is 17.7 Å². The summed E-state index contributed by atoms with van der Waals surface area (Å²) < 4.78 is 5.70. The average Bonchev–Trinajstić information content (AvgIpc) is 2.52. The van der Waals surface area contributed by atoms with Gasteiger partial charge in [-0.25, -0.2) is 4.98 Å². The molecule has 2 aromatic rings. The molecule has 0 saturated carbocycles. The second-order valence-electron chi connectivity index (χ2n) is 5.23. The number of nitrogens with zero attached hydrogens (tertiary/aromatic N) is 2. The fourth-order valence-electron chi connectivity index (χ4n) is 2.45. The molecule has 1 aliphatic rings. The molecule has 1 aromatic heterocycles. The molecule has 1 atom stereocenters. The van der Waals surface area contributed by atoms with Gasteiger partial charge in [0.25, 0.3) is 5.91 Å². The van der Waals surface area contributed by atoms with E-state index in [4.69, 9.17) is 33.7 Å². The molecule has 23 heavy (non-hydrogen) atoms. The van der Waals surface area contributed by atoms with Crippen molar-refractivity contribution in [3.8, 4) is 5.75 Å². The minimum Gasteiger partial charge on any atom is -0.477 e. The van der Waals surface area contributed by atoms with Crippen LogP contribution >= 0.6 is 23.2 Å². The second kappa shape index (κ2) is 6.26. The lowest BCUT2D eigenvalue weighted by Crippen LogP contribution is -2.45. The number of carbonyl (C=O) groups is 1. The molecule has 1 unspecified atom stereocenters. The number of nitrogen functional groups attached to an aromatic ring is 1. The van der Waals surface area contributed by atoms with Crippen LogP contribution < -0.4 is 15.4 Å². The van der Waals surface area contributed by atoms with Crippen LogP contribution in [0.25, 0.3) is 0 Å². The van der Waals surface area contributed by atoms with Crippen molar-refractivity contribution >= 4 is 40.7 Å². The SMILES string of the molecule is CCC1Oc2ccc(N)nc2N(Cc2ccc(Cl)cc2Cl)C1=O. The zero-order valence-corrected chi connectivity index (χ0v) is 13.9. The van der Waals surface area contributed by atoms with E-state index in [9.17, 15) is 4.79 Å². The molecule has 1 aromatic carbocycles. The van der Waals surface area contributed by atoms with Crippen LogP contribution in [0.2, 0.25) is 10.0 Å². The Labute approximate surface area is 144 Å². The van der Waals surface area contributed by atoms with Crippen molar-refractivity contribution in [3.05, 3.63) is 45.9 Å². The Morgan fingerprint density at radius 1 is 1.30 bits per heavy atom. The smallest absolute Gasteiger partial charge is 0.269 e. The molecule has 0 spiro atoms. The third kappa shape index (κ3) is 3.07. The highest BCUT2D eigenvalue weighted by molar-refractivity contribution is 6.35. The number of anilines is 2. The van der Waals surface area contributed by atoms with Crippen LogP contribution in [0.1, 0.15) is 18.9 Å². The highest BCUT2D eigenvalue weighted by Crippen LogP contribution is 2.35. The van der Waals surface area contributed by atoms with Crippen molar-refractivity contribution < 1.29 is 9.53 Å². The van der Waals surface area contributed by atoms with Crippen LogP contribution in [-0.2, 0) is 11.3 Å². The van der Waals surface area contributed by atoms with Crippen molar-refractivity contribution in [1.82, 2.24) is 4.98 Å². The monoisotopic (exact) mass is 351 g/mol. The Bertz CT molecular complexity index is 767. The van der Waals surface area contributed by atoms with E-state index in [1.807, 2.05) is 6.92 Å². The van der Waals surface area contributed by atoms with Gasteiger partial charge >= 0.3 is 0 Å². The van der Waals surface area contributed by atoms with Crippen molar-refractivity contribution in [3.63, 3.8) is 0 Å². The summed E-state index contributed by atoms with van der Waals surface area (Å²) in [6, 6.07) is 8.55. The Kier molecular flexibility index (Phi) is 4.33. The van der Waals surface area contributed by atoms with Crippen LogP contribution in [0.5, 0.6) is 5.75 Å². The summed E-state index contributed by atoms with van der Waals surface area (Å²) in [5, 5.41) is 1.04. The second-order valence-corrected chi connectivity index (χ2v) is 6.08. The summed E-state index contributed by atoms with van der Waals surface area (Å²) in [6.45, 7) is 2.17. The first-order valence-electron chi connectivity index (χ1n) is 7.18. The first-order valence-corrected chi connectivity index (χ1v) is 7.93. The minimum absolute atomic E-state index is 0.163. The lowest BCUT2D eigenvalue weighted by Gasteiger charge is -2.33. The van der Waals surface area contributed by atoms with Gasteiger partial charge in [-0.3, -0.25) is 9.69 Å². The van der Waals surface area contributed by atoms with Crippen LogP contribution in [0.15, 0.2) is 30.3 Å². The molecule has 5 nitrogen and oxygen atoms in total. The quantitative estimate of drug-likeness (QED) is 0.915. The fourth-order valence-corrected chi connectivity index (χ4v) is 2.92. The van der Waals surface area contributed by atoms with E-state index < -0.39 is 6.10 Å². The summed E-state index contributed by atoms with van der Waals surface area (Å²) >= 11 is 12.1. The predicted molar refractivity (Wildman–Crippen MR) is 91.0 cm³/mol. The Morgan fingerprint density at radius 2 is 2.09 bits per heavy atom. The topological polar surface area (TPSA) is 68.5 Å². The molecule has 120 valence electrons. The van der Waals surface area contributed by atoms with Crippen LogP contribution in [0, 0.1) is 0 Å². The third-order valence-corrected chi connectivity index (χ3v) is 4.23.